The molecule has 10 heteroatoms. The van der Waals surface area contributed by atoms with Crippen molar-refractivity contribution in [3.05, 3.63) is 71.0 Å². The van der Waals surface area contributed by atoms with Crippen molar-refractivity contribution in [2.75, 3.05) is 11.4 Å². The number of nitrogens with zero attached hydrogens (tertiary/aromatic N) is 5. The summed E-state index contributed by atoms with van der Waals surface area (Å²) >= 11 is 0. The van der Waals surface area contributed by atoms with Gasteiger partial charge in [-0.05, 0) is 62.3 Å². The molecule has 1 atom stereocenters. The van der Waals surface area contributed by atoms with E-state index in [1.807, 2.05) is 35.8 Å². The molecule has 0 unspecified atom stereocenters. The minimum Gasteiger partial charge on any atom is -0.475 e. The Balaban J connectivity index is 1.55. The van der Waals surface area contributed by atoms with E-state index in [9.17, 15) is 23.1 Å². The van der Waals surface area contributed by atoms with Crippen LogP contribution in [0.1, 0.15) is 59.4 Å². The van der Waals surface area contributed by atoms with Gasteiger partial charge in [-0.25, -0.2) is 19.7 Å². The predicted molar refractivity (Wildman–Crippen MR) is 141 cm³/mol. The van der Waals surface area contributed by atoms with Gasteiger partial charge in [-0.3, -0.25) is 0 Å². The number of aryl methyl sites for hydroxylation is 1. The second-order valence-electron chi connectivity index (χ2n) is 10.5. The summed E-state index contributed by atoms with van der Waals surface area (Å²) in [6.45, 7) is 2.94. The van der Waals surface area contributed by atoms with Crippen LogP contribution in [0, 0.1) is 12.8 Å². The van der Waals surface area contributed by atoms with Gasteiger partial charge >= 0.3 is 12.1 Å². The van der Waals surface area contributed by atoms with Gasteiger partial charge in [0.25, 0.3) is 0 Å². The van der Waals surface area contributed by atoms with Crippen LogP contribution < -0.4 is 4.90 Å². The largest absolute Gasteiger partial charge is 0.475 e. The quantitative estimate of drug-likeness (QED) is 0.310. The van der Waals surface area contributed by atoms with Crippen LogP contribution in [0.15, 0.2) is 48.5 Å². The lowest BCUT2D eigenvalue weighted by molar-refractivity contribution is -0.137. The molecule has 39 heavy (non-hydrogen) atoms. The highest BCUT2D eigenvalue weighted by Gasteiger charge is 2.38. The lowest BCUT2D eigenvalue weighted by Crippen LogP contribution is -2.39. The first kappa shape index (κ1) is 25.3. The molecule has 1 aliphatic heterocycles. The number of hydrogen-bond acceptors (Lipinski definition) is 5. The monoisotopic (exact) mass is 535 g/mol. The first-order valence-corrected chi connectivity index (χ1v) is 13.2. The Bertz CT molecular complexity index is 1540. The first-order valence-electron chi connectivity index (χ1n) is 13.2. The van der Waals surface area contributed by atoms with E-state index in [1.54, 1.807) is 0 Å². The van der Waals surface area contributed by atoms with E-state index in [-0.39, 0.29) is 24.1 Å². The highest BCUT2D eigenvalue weighted by molar-refractivity contribution is 5.92. The van der Waals surface area contributed by atoms with Crippen molar-refractivity contribution in [3.63, 3.8) is 0 Å². The van der Waals surface area contributed by atoms with E-state index >= 15 is 0 Å². The van der Waals surface area contributed by atoms with Gasteiger partial charge in [-0.15, -0.1) is 0 Å². The van der Waals surface area contributed by atoms with Crippen LogP contribution in [0.2, 0.25) is 0 Å². The fraction of sp³-hybridized carbons (Fsp3) is 0.379. The zero-order valence-electron chi connectivity index (χ0n) is 21.4. The van der Waals surface area contributed by atoms with Gasteiger partial charge < -0.3 is 14.6 Å². The molecule has 2 aromatic carbocycles. The molecule has 7 nitrogen and oxygen atoms in total. The second-order valence-corrected chi connectivity index (χ2v) is 10.5. The molecule has 0 radical (unpaired) electrons. The van der Waals surface area contributed by atoms with E-state index in [2.05, 4.69) is 14.9 Å². The number of carbonyl (C=O) groups is 1. The number of rotatable bonds is 6. The number of alkyl halides is 3. The number of anilines is 1. The average Bonchev–Trinajstić information content (AvgIpc) is 3.47. The van der Waals surface area contributed by atoms with Crippen molar-refractivity contribution in [1.82, 2.24) is 19.5 Å². The normalized spacial score (nSPS) is 18.1. The summed E-state index contributed by atoms with van der Waals surface area (Å²) in [6, 6.07) is 13.1. The lowest BCUT2D eigenvalue weighted by atomic mass is 9.79. The van der Waals surface area contributed by atoms with Gasteiger partial charge in [0.1, 0.15) is 11.3 Å². The number of aromatic nitrogens is 4. The van der Waals surface area contributed by atoms with Crippen LogP contribution in [0.4, 0.5) is 19.0 Å². The van der Waals surface area contributed by atoms with Crippen LogP contribution in [0.5, 0.6) is 0 Å². The third kappa shape index (κ3) is 4.72. The number of imidazole rings is 1. The SMILES string of the molecule is Cc1cccc(-c2nc3nc(C(=O)O)nc(N4CCC[C@@H]4C4CCC4)c3n2Cc2ccc(C(F)(F)F)cc2)c1. The van der Waals surface area contributed by atoms with Crippen LogP contribution in [-0.4, -0.2) is 43.2 Å². The van der Waals surface area contributed by atoms with Crippen molar-refractivity contribution in [2.24, 2.45) is 5.92 Å². The fourth-order valence-electron chi connectivity index (χ4n) is 5.82. The van der Waals surface area contributed by atoms with E-state index in [0.717, 1.165) is 55.5 Å². The van der Waals surface area contributed by atoms with Gasteiger partial charge in [-0.1, -0.05) is 42.3 Å². The van der Waals surface area contributed by atoms with E-state index in [4.69, 9.17) is 4.98 Å². The number of fused-ring (bicyclic) bond motifs is 1. The standard InChI is InChI=1S/C29H28F3N5O2/c1-17-5-2-8-20(15-17)26-34-24-23(37(26)16-18-10-12-21(13-11-18)29(30,31)32)27(35-25(33-24)28(38)39)36-14-4-9-22(36)19-6-3-7-19/h2,5,8,10-13,15,19,22H,3-4,6-7,9,14,16H2,1H3,(H,38,39)/t22-/m1/s1. The summed E-state index contributed by atoms with van der Waals surface area (Å²) in [7, 11) is 0. The van der Waals surface area contributed by atoms with Crippen molar-refractivity contribution in [3.8, 4) is 11.4 Å². The van der Waals surface area contributed by atoms with Gasteiger partial charge in [0, 0.05) is 24.7 Å². The zero-order chi connectivity index (χ0) is 27.3. The maximum Gasteiger partial charge on any atom is 0.416 e. The lowest BCUT2D eigenvalue weighted by Gasteiger charge is -2.37. The number of benzene rings is 2. The Kier molecular flexibility index (Phi) is 6.28. The molecule has 4 aromatic rings. The molecule has 202 valence electrons. The number of aromatic carboxylic acids is 1. The predicted octanol–water partition coefficient (Wildman–Crippen LogP) is 6.34. The highest BCUT2D eigenvalue weighted by atomic mass is 19.4. The highest BCUT2D eigenvalue weighted by Crippen LogP contribution is 2.41. The van der Waals surface area contributed by atoms with Crippen LogP contribution in [-0.2, 0) is 12.7 Å². The van der Waals surface area contributed by atoms with Crippen LogP contribution >= 0.6 is 0 Å². The van der Waals surface area contributed by atoms with Gasteiger partial charge in [0.15, 0.2) is 11.5 Å². The smallest absolute Gasteiger partial charge is 0.416 e. The van der Waals surface area contributed by atoms with Gasteiger partial charge in [0.2, 0.25) is 5.82 Å². The molecule has 0 bridgehead atoms. The second kappa shape index (κ2) is 9.66. The Morgan fingerprint density at radius 3 is 2.44 bits per heavy atom. The molecule has 0 spiro atoms. The summed E-state index contributed by atoms with van der Waals surface area (Å²) < 4.78 is 41.5. The minimum atomic E-state index is -4.42. The summed E-state index contributed by atoms with van der Waals surface area (Å²) in [5.41, 5.74) is 2.63. The van der Waals surface area contributed by atoms with E-state index in [0.29, 0.717) is 28.6 Å². The molecular weight excluding hydrogens is 507 g/mol. The van der Waals surface area contributed by atoms with Crippen molar-refractivity contribution in [2.45, 2.75) is 57.8 Å². The molecule has 1 aliphatic carbocycles. The maximum atomic E-state index is 13.2. The van der Waals surface area contributed by atoms with Crippen LogP contribution in [0.3, 0.4) is 0 Å². The molecule has 1 N–H and O–H groups in total. The molecule has 3 heterocycles. The summed E-state index contributed by atoms with van der Waals surface area (Å²) in [6.07, 6.45) is 1.04. The Morgan fingerprint density at radius 1 is 1.03 bits per heavy atom. The molecule has 2 aromatic heterocycles. The summed E-state index contributed by atoms with van der Waals surface area (Å²) in [4.78, 5) is 27.9. The van der Waals surface area contributed by atoms with Gasteiger partial charge in [0.05, 0.1) is 5.56 Å². The minimum absolute atomic E-state index is 0.225. The molecule has 2 aliphatic rings. The van der Waals surface area contributed by atoms with E-state index in [1.165, 1.54) is 18.6 Å². The van der Waals surface area contributed by atoms with Crippen molar-refractivity contribution < 1.29 is 23.1 Å². The number of halogens is 3. The van der Waals surface area contributed by atoms with Gasteiger partial charge in [-0.2, -0.15) is 13.2 Å². The number of carboxylic acids is 1. The number of hydrogen-bond donors (Lipinski definition) is 1. The fourth-order valence-corrected chi connectivity index (χ4v) is 5.82. The molecular formula is C29H28F3N5O2. The maximum absolute atomic E-state index is 13.2. The number of carboxylic acid groups (broad SMARTS) is 1. The Labute approximate surface area is 223 Å². The molecule has 1 saturated carbocycles. The third-order valence-electron chi connectivity index (χ3n) is 7.94. The first-order chi connectivity index (χ1) is 18.7. The van der Waals surface area contributed by atoms with Crippen molar-refractivity contribution >= 4 is 23.0 Å². The summed E-state index contributed by atoms with van der Waals surface area (Å²) in [5.74, 6) is 0.0863. The zero-order valence-corrected chi connectivity index (χ0v) is 21.4. The molecule has 6 rings (SSSR count). The molecule has 1 saturated heterocycles. The Morgan fingerprint density at radius 2 is 1.79 bits per heavy atom. The third-order valence-corrected chi connectivity index (χ3v) is 7.94. The average molecular weight is 536 g/mol. The van der Waals surface area contributed by atoms with Crippen LogP contribution in [0.25, 0.3) is 22.6 Å². The Hall–Kier alpha value is -3.95. The van der Waals surface area contributed by atoms with Crippen molar-refractivity contribution in [1.29, 1.82) is 0 Å². The molecule has 0 amide bonds. The topological polar surface area (TPSA) is 84.1 Å². The molecule has 2 fully saturated rings. The van der Waals surface area contributed by atoms with E-state index < -0.39 is 17.7 Å². The summed E-state index contributed by atoms with van der Waals surface area (Å²) in [5, 5.41) is 9.83.